The first-order chi connectivity index (χ1) is 14.0. The number of para-hydroxylation sites is 1. The summed E-state index contributed by atoms with van der Waals surface area (Å²) in [4.78, 5) is 26.6. The lowest BCUT2D eigenvalue weighted by Gasteiger charge is -2.17. The molecular weight excluding hydrogens is 429 g/mol. The first kappa shape index (κ1) is 21.2. The third-order valence-electron chi connectivity index (χ3n) is 4.21. The highest BCUT2D eigenvalue weighted by atomic mass is 35.5. The van der Waals surface area contributed by atoms with Gasteiger partial charge in [-0.25, -0.2) is 9.59 Å². The van der Waals surface area contributed by atoms with E-state index in [1.165, 1.54) is 19.2 Å². The second-order valence-corrected chi connectivity index (χ2v) is 6.42. The molecule has 0 atom stereocenters. The fourth-order valence-electron chi connectivity index (χ4n) is 2.87. The van der Waals surface area contributed by atoms with Crippen LogP contribution in [-0.2, 0) is 6.18 Å². The summed E-state index contributed by atoms with van der Waals surface area (Å²) in [5, 5.41) is 21.2. The number of hydrogen-bond donors (Lipinski definition) is 3. The molecule has 1 heterocycles. The van der Waals surface area contributed by atoms with E-state index < -0.39 is 34.8 Å². The lowest BCUT2D eigenvalue weighted by molar-refractivity contribution is -0.136. The summed E-state index contributed by atoms with van der Waals surface area (Å²) in [6.07, 6.45) is -3.91. The lowest BCUT2D eigenvalue weighted by atomic mass is 10.0. The van der Waals surface area contributed by atoms with Crippen LogP contribution >= 0.6 is 11.6 Å². The van der Waals surface area contributed by atoms with E-state index in [4.69, 9.17) is 16.3 Å². The van der Waals surface area contributed by atoms with E-state index in [9.17, 15) is 33.0 Å². The summed E-state index contributed by atoms with van der Waals surface area (Å²) in [6, 6.07) is 5.52. The third-order valence-corrected chi connectivity index (χ3v) is 4.53. The van der Waals surface area contributed by atoms with Crippen LogP contribution in [0.15, 0.2) is 36.5 Å². The van der Waals surface area contributed by atoms with Crippen LogP contribution in [0.3, 0.4) is 0 Å². The highest BCUT2D eigenvalue weighted by Gasteiger charge is 2.34. The molecule has 156 valence electrons. The molecule has 0 amide bonds. The van der Waals surface area contributed by atoms with Crippen LogP contribution in [-0.4, -0.2) is 34.2 Å². The molecule has 0 aliphatic carbocycles. The number of carboxylic acid groups (broad SMARTS) is 2. The maximum Gasteiger partial charge on any atom is 0.418 e. The van der Waals surface area contributed by atoms with Gasteiger partial charge in [0, 0.05) is 17.6 Å². The number of ether oxygens (including phenoxy) is 1. The Balaban J connectivity index is 2.27. The number of fused-ring (bicyclic) bond motifs is 1. The Kier molecular flexibility index (Phi) is 5.45. The number of carbonyl (C=O) groups is 2. The smallest absolute Gasteiger partial charge is 0.418 e. The van der Waals surface area contributed by atoms with Gasteiger partial charge in [-0.15, -0.1) is 0 Å². The molecule has 0 saturated heterocycles. The number of hydrogen-bond acceptors (Lipinski definition) is 5. The van der Waals surface area contributed by atoms with Crippen LogP contribution in [0, 0.1) is 0 Å². The minimum Gasteiger partial charge on any atom is -0.496 e. The predicted octanol–water partition coefficient (Wildman–Crippen LogP) is 5.06. The van der Waals surface area contributed by atoms with Crippen molar-refractivity contribution in [1.82, 2.24) is 4.98 Å². The number of nitrogens with zero attached hydrogens (tertiary/aromatic N) is 1. The van der Waals surface area contributed by atoms with Crippen molar-refractivity contribution in [3.63, 3.8) is 0 Å². The molecular formula is C19H12ClF3N2O5. The topological polar surface area (TPSA) is 109 Å². The normalized spacial score (nSPS) is 11.4. The highest BCUT2D eigenvalue weighted by molar-refractivity contribution is 6.34. The van der Waals surface area contributed by atoms with E-state index in [-0.39, 0.29) is 33.1 Å². The molecule has 0 fully saturated rings. The van der Waals surface area contributed by atoms with Crippen LogP contribution in [0.4, 0.5) is 24.5 Å². The molecule has 11 heteroatoms. The fraction of sp³-hybridized carbons (Fsp3) is 0.105. The quantitative estimate of drug-likeness (QED) is 0.509. The Hall–Kier alpha value is -3.53. The Bertz CT molecular complexity index is 1180. The number of halogens is 4. The largest absolute Gasteiger partial charge is 0.496 e. The summed E-state index contributed by atoms with van der Waals surface area (Å²) in [6.45, 7) is 0. The van der Waals surface area contributed by atoms with Crippen molar-refractivity contribution in [2.24, 2.45) is 0 Å². The van der Waals surface area contributed by atoms with Crippen molar-refractivity contribution in [1.29, 1.82) is 0 Å². The number of nitrogens with one attached hydrogen (secondary N) is 1. The van der Waals surface area contributed by atoms with Gasteiger partial charge in [-0.1, -0.05) is 23.7 Å². The molecule has 1 aromatic heterocycles. The van der Waals surface area contributed by atoms with Crippen LogP contribution in [0.1, 0.15) is 26.3 Å². The van der Waals surface area contributed by atoms with Crippen molar-refractivity contribution in [2.45, 2.75) is 6.18 Å². The van der Waals surface area contributed by atoms with Gasteiger partial charge in [0.25, 0.3) is 0 Å². The van der Waals surface area contributed by atoms with E-state index in [1.54, 1.807) is 0 Å². The molecule has 0 unspecified atom stereocenters. The number of pyridine rings is 1. The summed E-state index contributed by atoms with van der Waals surface area (Å²) in [7, 11) is 1.22. The molecule has 30 heavy (non-hydrogen) atoms. The highest BCUT2D eigenvalue weighted by Crippen LogP contribution is 2.39. The first-order valence-corrected chi connectivity index (χ1v) is 8.52. The van der Waals surface area contributed by atoms with Crippen LogP contribution < -0.4 is 10.1 Å². The van der Waals surface area contributed by atoms with Gasteiger partial charge in [0.15, 0.2) is 0 Å². The number of carboxylic acids is 2. The van der Waals surface area contributed by atoms with Gasteiger partial charge in [0.05, 0.1) is 34.6 Å². The van der Waals surface area contributed by atoms with Crippen molar-refractivity contribution in [2.75, 3.05) is 12.4 Å². The number of aromatic carboxylic acids is 2. The Morgan fingerprint density at radius 3 is 2.37 bits per heavy atom. The maximum atomic E-state index is 13.3. The van der Waals surface area contributed by atoms with Gasteiger partial charge < -0.3 is 20.3 Å². The van der Waals surface area contributed by atoms with Crippen molar-refractivity contribution in [3.05, 3.63) is 58.2 Å². The first-order valence-electron chi connectivity index (χ1n) is 8.14. The average Bonchev–Trinajstić information content (AvgIpc) is 2.67. The summed E-state index contributed by atoms with van der Waals surface area (Å²) >= 11 is 6.11. The fourth-order valence-corrected chi connectivity index (χ4v) is 3.08. The number of aromatic nitrogens is 1. The number of alkyl halides is 3. The number of rotatable bonds is 5. The second-order valence-electron chi connectivity index (χ2n) is 6.01. The van der Waals surface area contributed by atoms with Gasteiger partial charge in [-0.05, 0) is 12.1 Å². The summed E-state index contributed by atoms with van der Waals surface area (Å²) < 4.78 is 45.1. The van der Waals surface area contributed by atoms with E-state index in [0.717, 1.165) is 24.4 Å². The number of methoxy groups -OCH3 is 1. The van der Waals surface area contributed by atoms with Crippen molar-refractivity contribution in [3.8, 4) is 5.75 Å². The predicted molar refractivity (Wildman–Crippen MR) is 102 cm³/mol. The minimum absolute atomic E-state index is 0.0333. The molecule has 3 aromatic rings. The van der Waals surface area contributed by atoms with E-state index in [2.05, 4.69) is 10.3 Å². The molecule has 0 aliphatic rings. The van der Waals surface area contributed by atoms with Crippen LogP contribution in [0.25, 0.3) is 10.9 Å². The van der Waals surface area contributed by atoms with Gasteiger partial charge in [-0.2, -0.15) is 13.2 Å². The summed E-state index contributed by atoms with van der Waals surface area (Å²) in [5.74, 6) is -2.83. The van der Waals surface area contributed by atoms with Gasteiger partial charge in [0.2, 0.25) is 0 Å². The Morgan fingerprint density at radius 2 is 1.80 bits per heavy atom. The molecule has 7 nitrogen and oxygen atoms in total. The van der Waals surface area contributed by atoms with Crippen molar-refractivity contribution < 1.29 is 37.7 Å². The van der Waals surface area contributed by atoms with Crippen LogP contribution in [0.2, 0.25) is 5.02 Å². The zero-order valence-electron chi connectivity index (χ0n) is 15.0. The monoisotopic (exact) mass is 440 g/mol. The van der Waals surface area contributed by atoms with E-state index in [0.29, 0.717) is 0 Å². The molecule has 3 N–H and O–H groups in total. The molecule has 3 rings (SSSR count). The number of benzene rings is 2. The Morgan fingerprint density at radius 1 is 1.13 bits per heavy atom. The standard InChI is InChI=1S/C19H12ClF3N2O5/c1-30-14-6-13(12(20)5-9(14)17(26)27)25-15-8-3-2-4-11(19(21,22)23)16(8)24-7-10(15)18(28)29/h2-7H,1H3,(H,24,25)(H,26,27)(H,28,29). The van der Waals surface area contributed by atoms with Gasteiger partial charge in [-0.3, -0.25) is 4.98 Å². The average molecular weight is 441 g/mol. The zero-order chi connectivity index (χ0) is 22.2. The third kappa shape index (κ3) is 3.81. The summed E-state index contributed by atoms with van der Waals surface area (Å²) in [5.41, 5.74) is -2.30. The molecule has 2 aromatic carbocycles. The second kappa shape index (κ2) is 7.71. The molecule has 0 aliphatic heterocycles. The Labute approximate surface area is 171 Å². The maximum absolute atomic E-state index is 13.3. The van der Waals surface area contributed by atoms with Crippen molar-refractivity contribution >= 4 is 45.8 Å². The molecule has 0 radical (unpaired) electrons. The molecule has 0 bridgehead atoms. The van der Waals surface area contributed by atoms with E-state index in [1.807, 2.05) is 0 Å². The van der Waals surface area contributed by atoms with Crippen LogP contribution in [0.5, 0.6) is 5.75 Å². The minimum atomic E-state index is -4.71. The zero-order valence-corrected chi connectivity index (χ0v) is 15.8. The molecule has 0 saturated carbocycles. The van der Waals surface area contributed by atoms with Gasteiger partial charge in [0.1, 0.15) is 16.9 Å². The molecule has 0 spiro atoms. The van der Waals surface area contributed by atoms with E-state index >= 15 is 0 Å². The van der Waals surface area contributed by atoms with Gasteiger partial charge >= 0.3 is 18.1 Å². The number of anilines is 2. The lowest BCUT2D eigenvalue weighted by Crippen LogP contribution is -2.10. The SMILES string of the molecule is COc1cc(Nc2c(C(=O)O)cnc3c(C(F)(F)F)cccc23)c(Cl)cc1C(=O)O.